The predicted octanol–water partition coefficient (Wildman–Crippen LogP) is 5.12. The standard InChI is InChI=1S/C19H18ClNO2/c1-2-3-18(22)12-4-6-16-14(10-12)15-11-13(19(23)8-9-20)5-7-17(15)21-16/h4-7,10-11,21H,2-3,8-9H2,1H3. The van der Waals surface area contributed by atoms with E-state index in [1.165, 1.54) is 0 Å². The second-order valence-corrected chi connectivity index (χ2v) is 6.06. The molecule has 0 aliphatic rings. The van der Waals surface area contributed by atoms with Crippen LogP contribution in [0.1, 0.15) is 46.9 Å². The smallest absolute Gasteiger partial charge is 0.164 e. The molecule has 0 fully saturated rings. The van der Waals surface area contributed by atoms with Crippen molar-refractivity contribution < 1.29 is 9.59 Å². The minimum absolute atomic E-state index is 0.0365. The Kier molecular flexibility index (Phi) is 4.49. The Morgan fingerprint density at radius 3 is 1.91 bits per heavy atom. The molecule has 0 amide bonds. The van der Waals surface area contributed by atoms with Crippen LogP contribution >= 0.6 is 11.6 Å². The maximum Gasteiger partial charge on any atom is 0.164 e. The maximum atomic E-state index is 12.1. The molecule has 3 aromatic rings. The summed E-state index contributed by atoms with van der Waals surface area (Å²) in [5.41, 5.74) is 3.31. The van der Waals surface area contributed by atoms with Gasteiger partial charge < -0.3 is 4.98 Å². The molecule has 0 saturated carbocycles. The highest BCUT2D eigenvalue weighted by Crippen LogP contribution is 2.28. The van der Waals surface area contributed by atoms with Gasteiger partial charge in [0.25, 0.3) is 0 Å². The van der Waals surface area contributed by atoms with Crippen LogP contribution in [0.25, 0.3) is 21.8 Å². The van der Waals surface area contributed by atoms with Gasteiger partial charge in [0.05, 0.1) is 0 Å². The van der Waals surface area contributed by atoms with Gasteiger partial charge in [-0.25, -0.2) is 0 Å². The minimum Gasteiger partial charge on any atom is -0.355 e. The first-order valence-electron chi connectivity index (χ1n) is 7.82. The van der Waals surface area contributed by atoms with Crippen molar-refractivity contribution in [1.29, 1.82) is 0 Å². The number of ketones is 2. The van der Waals surface area contributed by atoms with Crippen LogP contribution in [0.2, 0.25) is 0 Å². The van der Waals surface area contributed by atoms with Gasteiger partial charge in [-0.3, -0.25) is 9.59 Å². The zero-order valence-corrected chi connectivity index (χ0v) is 13.7. The molecular formula is C19H18ClNO2. The van der Waals surface area contributed by atoms with E-state index in [4.69, 9.17) is 11.6 Å². The van der Waals surface area contributed by atoms with E-state index in [1.807, 2.05) is 43.3 Å². The van der Waals surface area contributed by atoms with Gasteiger partial charge in [-0.1, -0.05) is 6.92 Å². The molecule has 0 unspecified atom stereocenters. The normalized spacial score (nSPS) is 11.2. The first kappa shape index (κ1) is 15.8. The van der Waals surface area contributed by atoms with E-state index < -0.39 is 0 Å². The molecule has 0 aliphatic heterocycles. The van der Waals surface area contributed by atoms with E-state index in [9.17, 15) is 9.59 Å². The van der Waals surface area contributed by atoms with Gasteiger partial charge in [-0.05, 0) is 42.8 Å². The van der Waals surface area contributed by atoms with Crippen molar-refractivity contribution in [3.8, 4) is 0 Å². The van der Waals surface area contributed by atoms with Crippen molar-refractivity contribution in [1.82, 2.24) is 4.98 Å². The average molecular weight is 328 g/mol. The third kappa shape index (κ3) is 3.02. The van der Waals surface area contributed by atoms with Gasteiger partial charge in [0, 0.05) is 51.7 Å². The van der Waals surface area contributed by atoms with Crippen molar-refractivity contribution in [3.05, 3.63) is 47.5 Å². The predicted molar refractivity (Wildman–Crippen MR) is 94.7 cm³/mol. The molecule has 0 spiro atoms. The van der Waals surface area contributed by atoms with Gasteiger partial charge >= 0.3 is 0 Å². The number of benzene rings is 2. The van der Waals surface area contributed by atoms with Crippen molar-refractivity contribution in [2.75, 3.05) is 5.88 Å². The number of nitrogens with one attached hydrogen (secondary N) is 1. The van der Waals surface area contributed by atoms with Crippen LogP contribution in [0.4, 0.5) is 0 Å². The summed E-state index contributed by atoms with van der Waals surface area (Å²) in [6, 6.07) is 11.3. The number of alkyl halides is 1. The SMILES string of the molecule is CCCC(=O)c1ccc2[nH]c3ccc(C(=O)CCCl)cc3c2c1. The maximum absolute atomic E-state index is 12.1. The zero-order valence-electron chi connectivity index (χ0n) is 13.0. The van der Waals surface area contributed by atoms with E-state index in [0.717, 1.165) is 33.8 Å². The summed E-state index contributed by atoms with van der Waals surface area (Å²) < 4.78 is 0. The Hall–Kier alpha value is -2.13. The van der Waals surface area contributed by atoms with Crippen LogP contribution in [0.15, 0.2) is 36.4 Å². The lowest BCUT2D eigenvalue weighted by Gasteiger charge is -2.01. The molecule has 0 aliphatic carbocycles. The Labute approximate surface area is 139 Å². The summed E-state index contributed by atoms with van der Waals surface area (Å²) >= 11 is 5.66. The first-order valence-corrected chi connectivity index (χ1v) is 8.35. The second kappa shape index (κ2) is 6.55. The highest BCUT2D eigenvalue weighted by molar-refractivity contribution is 6.20. The summed E-state index contributed by atoms with van der Waals surface area (Å²) in [6.07, 6.45) is 1.71. The number of hydrogen-bond donors (Lipinski definition) is 1. The number of fused-ring (bicyclic) bond motifs is 3. The molecule has 3 nitrogen and oxygen atoms in total. The van der Waals surface area contributed by atoms with Gasteiger partial charge in [0.2, 0.25) is 0 Å². The lowest BCUT2D eigenvalue weighted by Crippen LogP contribution is -1.99. The second-order valence-electron chi connectivity index (χ2n) is 5.68. The lowest BCUT2D eigenvalue weighted by atomic mass is 10.0. The van der Waals surface area contributed by atoms with E-state index in [1.54, 1.807) is 0 Å². The highest BCUT2D eigenvalue weighted by Gasteiger charge is 2.12. The largest absolute Gasteiger partial charge is 0.355 e. The van der Waals surface area contributed by atoms with Crippen LogP contribution in [0, 0.1) is 0 Å². The Morgan fingerprint density at radius 2 is 1.43 bits per heavy atom. The van der Waals surface area contributed by atoms with Crippen molar-refractivity contribution in [2.24, 2.45) is 0 Å². The fraction of sp³-hybridized carbons (Fsp3) is 0.263. The van der Waals surface area contributed by atoms with E-state index in [2.05, 4.69) is 4.98 Å². The van der Waals surface area contributed by atoms with Gasteiger partial charge in [0.1, 0.15) is 0 Å². The fourth-order valence-electron chi connectivity index (χ4n) is 2.85. The number of aromatic amines is 1. The Balaban J connectivity index is 2.13. The minimum atomic E-state index is 0.0365. The molecule has 118 valence electrons. The number of carbonyl (C=O) groups excluding carboxylic acids is 2. The third-order valence-corrected chi connectivity index (χ3v) is 4.23. The lowest BCUT2D eigenvalue weighted by molar-refractivity contribution is 0.0976. The zero-order chi connectivity index (χ0) is 16.4. The molecule has 0 atom stereocenters. The Morgan fingerprint density at radius 1 is 0.913 bits per heavy atom. The molecule has 23 heavy (non-hydrogen) atoms. The Bertz CT molecular complexity index is 823. The number of rotatable bonds is 6. The molecule has 3 rings (SSSR count). The number of Topliss-reactive ketones (excluding diaryl/α,β-unsaturated/α-hetero) is 2. The number of hydrogen-bond acceptors (Lipinski definition) is 2. The summed E-state index contributed by atoms with van der Waals surface area (Å²) in [5, 5.41) is 1.94. The third-order valence-electron chi connectivity index (χ3n) is 4.04. The van der Waals surface area contributed by atoms with Gasteiger partial charge in [-0.2, -0.15) is 0 Å². The molecule has 4 heteroatoms. The molecule has 1 aromatic heterocycles. The fourth-order valence-corrected chi connectivity index (χ4v) is 3.02. The topological polar surface area (TPSA) is 49.9 Å². The molecule has 1 heterocycles. The number of carbonyl (C=O) groups is 2. The summed E-state index contributed by atoms with van der Waals surface area (Å²) in [6.45, 7) is 2.00. The van der Waals surface area contributed by atoms with Crippen LogP contribution in [0.5, 0.6) is 0 Å². The van der Waals surface area contributed by atoms with Crippen molar-refractivity contribution >= 4 is 45.0 Å². The van der Waals surface area contributed by atoms with Gasteiger partial charge in [-0.15, -0.1) is 11.6 Å². The van der Waals surface area contributed by atoms with E-state index in [-0.39, 0.29) is 11.6 Å². The van der Waals surface area contributed by atoms with Crippen molar-refractivity contribution in [3.63, 3.8) is 0 Å². The number of aromatic nitrogens is 1. The average Bonchev–Trinajstić information content (AvgIpc) is 2.92. The van der Waals surface area contributed by atoms with Gasteiger partial charge in [0.15, 0.2) is 11.6 Å². The molecule has 2 aromatic carbocycles. The summed E-state index contributed by atoms with van der Waals surface area (Å²) in [4.78, 5) is 27.5. The summed E-state index contributed by atoms with van der Waals surface area (Å²) in [5.74, 6) is 0.507. The van der Waals surface area contributed by atoms with Crippen LogP contribution in [-0.2, 0) is 0 Å². The number of halogens is 1. The quantitative estimate of drug-likeness (QED) is 0.505. The summed E-state index contributed by atoms with van der Waals surface area (Å²) in [7, 11) is 0. The molecule has 0 saturated heterocycles. The van der Waals surface area contributed by atoms with E-state index >= 15 is 0 Å². The van der Waals surface area contributed by atoms with Crippen LogP contribution in [0.3, 0.4) is 0 Å². The number of H-pyrrole nitrogens is 1. The van der Waals surface area contributed by atoms with Crippen LogP contribution in [-0.4, -0.2) is 22.4 Å². The first-order chi connectivity index (χ1) is 11.1. The molecular weight excluding hydrogens is 310 g/mol. The highest BCUT2D eigenvalue weighted by atomic mass is 35.5. The van der Waals surface area contributed by atoms with Crippen molar-refractivity contribution in [2.45, 2.75) is 26.2 Å². The molecule has 0 bridgehead atoms. The van der Waals surface area contributed by atoms with E-state index in [0.29, 0.717) is 24.3 Å². The monoisotopic (exact) mass is 327 g/mol. The molecule has 0 radical (unpaired) electrons. The molecule has 1 N–H and O–H groups in total. The van der Waals surface area contributed by atoms with Crippen LogP contribution < -0.4 is 0 Å².